The van der Waals surface area contributed by atoms with Crippen LogP contribution in [0.15, 0.2) is 0 Å². The SMILES string of the molecule is CC(C)O[SiH2]C(C)SS. The van der Waals surface area contributed by atoms with Gasteiger partial charge in [0.1, 0.15) is 0 Å². The lowest BCUT2D eigenvalue weighted by Gasteiger charge is -2.09. The highest BCUT2D eigenvalue weighted by atomic mass is 33.1. The van der Waals surface area contributed by atoms with Gasteiger partial charge in [-0.05, 0) is 13.8 Å². The van der Waals surface area contributed by atoms with Gasteiger partial charge in [-0.1, -0.05) is 17.7 Å². The second kappa shape index (κ2) is 5.65. The monoisotopic (exact) mass is 182 g/mol. The summed E-state index contributed by atoms with van der Waals surface area (Å²) in [5, 5.41) is 0. The first-order valence-electron chi connectivity index (χ1n) is 3.08. The minimum Gasteiger partial charge on any atom is -0.421 e. The molecule has 0 rings (SSSR count). The molecule has 1 unspecified atom stereocenters. The molecule has 0 aliphatic rings. The summed E-state index contributed by atoms with van der Waals surface area (Å²) >= 11 is 4.09. The Morgan fingerprint density at radius 3 is 2.33 bits per heavy atom. The van der Waals surface area contributed by atoms with Gasteiger partial charge in [-0.2, -0.15) is 0 Å². The Balaban J connectivity index is 3.06. The summed E-state index contributed by atoms with van der Waals surface area (Å²) < 4.78 is 5.46. The second-order valence-corrected chi connectivity index (χ2v) is 6.43. The summed E-state index contributed by atoms with van der Waals surface area (Å²) in [7, 11) is 1.27. The van der Waals surface area contributed by atoms with Gasteiger partial charge in [0.15, 0.2) is 9.76 Å². The van der Waals surface area contributed by atoms with E-state index in [0.29, 0.717) is 11.0 Å². The van der Waals surface area contributed by atoms with Crippen LogP contribution in [0.1, 0.15) is 20.8 Å². The molecule has 0 aliphatic heterocycles. The zero-order valence-corrected chi connectivity index (χ0v) is 9.25. The molecule has 4 heteroatoms. The molecule has 1 atom stereocenters. The second-order valence-electron chi connectivity index (χ2n) is 2.30. The van der Waals surface area contributed by atoms with Gasteiger partial charge in [0.05, 0.1) is 0 Å². The van der Waals surface area contributed by atoms with Crippen molar-refractivity contribution in [3.05, 3.63) is 0 Å². The third kappa shape index (κ3) is 6.77. The van der Waals surface area contributed by atoms with Crippen LogP contribution in [0.3, 0.4) is 0 Å². The molecule has 0 aromatic heterocycles. The average Bonchev–Trinajstić information content (AvgIpc) is 1.83. The van der Waals surface area contributed by atoms with Gasteiger partial charge in [-0.3, -0.25) is 0 Å². The molecule has 0 fully saturated rings. The molecule has 0 aromatic rings. The van der Waals surface area contributed by atoms with E-state index in [9.17, 15) is 0 Å². The standard InChI is InChI=1S/C5H14OS2Si/c1-4(2)6-9-5(3)8-7/h4-5,7H,9H2,1-3H3. The molecule has 0 saturated heterocycles. The predicted molar refractivity (Wildman–Crippen MR) is 50.8 cm³/mol. The lowest BCUT2D eigenvalue weighted by molar-refractivity contribution is 0.255. The van der Waals surface area contributed by atoms with E-state index < -0.39 is 0 Å². The minimum absolute atomic E-state index is 0.325. The number of hydrogen-bond acceptors (Lipinski definition) is 3. The van der Waals surface area contributed by atoms with Crippen molar-refractivity contribution in [3.8, 4) is 0 Å². The van der Waals surface area contributed by atoms with Crippen molar-refractivity contribution in [1.29, 1.82) is 0 Å². The lowest BCUT2D eigenvalue weighted by Crippen LogP contribution is -2.15. The van der Waals surface area contributed by atoms with Crippen molar-refractivity contribution in [2.45, 2.75) is 31.7 Å². The van der Waals surface area contributed by atoms with E-state index in [4.69, 9.17) is 4.43 Å². The van der Waals surface area contributed by atoms with Crippen molar-refractivity contribution in [2.75, 3.05) is 0 Å². The quantitative estimate of drug-likeness (QED) is 0.400. The highest BCUT2D eigenvalue weighted by Gasteiger charge is 2.01. The van der Waals surface area contributed by atoms with E-state index in [2.05, 4.69) is 32.4 Å². The minimum atomic E-state index is -0.325. The molecule has 0 N–H and O–H groups in total. The van der Waals surface area contributed by atoms with Crippen LogP contribution in [0.4, 0.5) is 0 Å². The fraction of sp³-hybridized carbons (Fsp3) is 1.00. The van der Waals surface area contributed by atoms with Gasteiger partial charge in [-0.15, -0.1) is 11.7 Å². The van der Waals surface area contributed by atoms with Crippen LogP contribution in [0, 0.1) is 0 Å². The fourth-order valence-corrected chi connectivity index (χ4v) is 2.04. The van der Waals surface area contributed by atoms with Crippen molar-refractivity contribution >= 4 is 32.2 Å². The zero-order chi connectivity index (χ0) is 7.28. The van der Waals surface area contributed by atoms with Crippen molar-refractivity contribution in [2.24, 2.45) is 0 Å². The molecule has 0 saturated carbocycles. The molecule has 0 aliphatic carbocycles. The molecule has 0 amide bonds. The Morgan fingerprint density at radius 2 is 2.00 bits per heavy atom. The maximum atomic E-state index is 5.46. The van der Waals surface area contributed by atoms with Crippen LogP contribution in [0.2, 0.25) is 0 Å². The highest BCUT2D eigenvalue weighted by Crippen LogP contribution is 2.12. The fourth-order valence-electron chi connectivity index (χ4n) is 0.358. The number of hydrogen-bond donors (Lipinski definition) is 1. The molecular formula is C5H14OS2Si. The van der Waals surface area contributed by atoms with Crippen molar-refractivity contribution in [3.63, 3.8) is 0 Å². The first kappa shape index (κ1) is 9.88. The third-order valence-electron chi connectivity index (χ3n) is 0.844. The van der Waals surface area contributed by atoms with Crippen molar-refractivity contribution in [1.82, 2.24) is 0 Å². The molecule has 0 radical (unpaired) electrons. The topological polar surface area (TPSA) is 9.23 Å². The van der Waals surface area contributed by atoms with Crippen LogP contribution in [0.25, 0.3) is 0 Å². The normalized spacial score (nSPS) is 15.7. The Labute approximate surface area is 68.7 Å². The maximum Gasteiger partial charge on any atom is 0.175 e. The molecule has 56 valence electrons. The van der Waals surface area contributed by atoms with Crippen LogP contribution < -0.4 is 0 Å². The van der Waals surface area contributed by atoms with Gasteiger partial charge >= 0.3 is 0 Å². The largest absolute Gasteiger partial charge is 0.421 e. The Hall–Kier alpha value is 0.877. The summed E-state index contributed by atoms with van der Waals surface area (Å²) in [5.41, 5.74) is 0. The Morgan fingerprint density at radius 1 is 1.44 bits per heavy atom. The van der Waals surface area contributed by atoms with Gasteiger partial charge in [0.25, 0.3) is 0 Å². The van der Waals surface area contributed by atoms with Gasteiger partial charge in [0.2, 0.25) is 0 Å². The molecule has 0 bridgehead atoms. The first-order valence-corrected chi connectivity index (χ1v) is 6.41. The van der Waals surface area contributed by atoms with Gasteiger partial charge < -0.3 is 4.43 Å². The van der Waals surface area contributed by atoms with Crippen LogP contribution in [-0.2, 0) is 4.43 Å². The van der Waals surface area contributed by atoms with Crippen LogP contribution in [-0.4, -0.2) is 20.7 Å². The zero-order valence-electron chi connectivity index (χ0n) is 6.13. The predicted octanol–water partition coefficient (Wildman–Crippen LogP) is 1.42. The number of thiol groups is 1. The molecule has 1 nitrogen and oxygen atoms in total. The smallest absolute Gasteiger partial charge is 0.175 e. The Kier molecular flexibility index (Phi) is 6.20. The van der Waals surface area contributed by atoms with Gasteiger partial charge in [0, 0.05) is 11.0 Å². The van der Waals surface area contributed by atoms with Crippen molar-refractivity contribution < 1.29 is 4.43 Å². The van der Waals surface area contributed by atoms with E-state index in [1.807, 2.05) is 0 Å². The molecule has 0 spiro atoms. The summed E-state index contributed by atoms with van der Waals surface area (Å²) in [6, 6.07) is 0. The average molecular weight is 182 g/mol. The molecular weight excluding hydrogens is 168 g/mol. The van der Waals surface area contributed by atoms with E-state index in [1.54, 1.807) is 10.8 Å². The molecule has 9 heavy (non-hydrogen) atoms. The highest BCUT2D eigenvalue weighted by molar-refractivity contribution is 8.69. The van der Waals surface area contributed by atoms with E-state index in [0.717, 1.165) is 0 Å². The van der Waals surface area contributed by atoms with Crippen LogP contribution >= 0.6 is 22.5 Å². The first-order chi connectivity index (χ1) is 4.16. The molecule has 0 aromatic carbocycles. The summed E-state index contributed by atoms with van der Waals surface area (Å²) in [6.07, 6.45) is 0.402. The third-order valence-corrected chi connectivity index (χ3v) is 5.36. The lowest BCUT2D eigenvalue weighted by atomic mass is 10.5. The van der Waals surface area contributed by atoms with E-state index >= 15 is 0 Å². The summed E-state index contributed by atoms with van der Waals surface area (Å²) in [4.78, 5) is 0.635. The maximum absolute atomic E-state index is 5.46. The molecule has 0 heterocycles. The number of rotatable bonds is 4. The Bertz CT molecular complexity index is 70.0. The van der Waals surface area contributed by atoms with E-state index in [-0.39, 0.29) is 9.76 Å². The van der Waals surface area contributed by atoms with Gasteiger partial charge in [-0.25, -0.2) is 0 Å². The summed E-state index contributed by atoms with van der Waals surface area (Å²) in [6.45, 7) is 6.30. The summed E-state index contributed by atoms with van der Waals surface area (Å²) in [5.74, 6) is 0. The van der Waals surface area contributed by atoms with Crippen LogP contribution in [0.5, 0.6) is 0 Å². The van der Waals surface area contributed by atoms with E-state index in [1.165, 1.54) is 0 Å².